The Bertz CT molecular complexity index is 3410. The van der Waals surface area contributed by atoms with E-state index in [-0.39, 0.29) is 0 Å². The van der Waals surface area contributed by atoms with E-state index in [0.29, 0.717) is 5.92 Å². The summed E-state index contributed by atoms with van der Waals surface area (Å²) in [6, 6.07) is 71.5. The second-order valence-corrected chi connectivity index (χ2v) is 17.7. The fourth-order valence-corrected chi connectivity index (χ4v) is 11.4. The van der Waals surface area contributed by atoms with Crippen LogP contribution in [0.3, 0.4) is 0 Å². The topological polar surface area (TPSA) is 16.4 Å². The van der Waals surface area contributed by atoms with Gasteiger partial charge >= 0.3 is 0 Å². The predicted molar refractivity (Wildman–Crippen MR) is 261 cm³/mol. The number of nitrogens with zero attached hydrogens (tertiary/aromatic N) is 1. The van der Waals surface area contributed by atoms with Gasteiger partial charge in [-0.05, 0) is 106 Å². The number of para-hydroxylation sites is 3. The van der Waals surface area contributed by atoms with Gasteiger partial charge in [0.1, 0.15) is 11.2 Å². The molecule has 292 valence electrons. The zero-order chi connectivity index (χ0) is 40.3. The van der Waals surface area contributed by atoms with E-state index in [0.717, 1.165) is 50.1 Å². The quantitative estimate of drug-likeness (QED) is 0.160. The van der Waals surface area contributed by atoms with Crippen LogP contribution in [-0.4, -0.2) is 0 Å². The van der Waals surface area contributed by atoms with Crippen LogP contribution in [0.1, 0.15) is 43.6 Å². The lowest BCUT2D eigenvalue weighted by Gasteiger charge is -2.29. The molecule has 61 heavy (non-hydrogen) atoms. The standard InChI is InChI=1S/C58H43NOS/c1-2-15-38(16-3-1)44-24-11-17-40-18-12-27-49(56(40)44)47-21-4-7-29-52(47)59(42-35-33-39(34-36-42)46-26-13-28-50-48-22-5-8-30-53(48)60-58(46)50)43-20-10-19-41(37-43)45-25-14-32-55-57(45)51-23-6-9-31-54(51)61-55/h4-14,17-38H,1-3,15-16H2. The van der Waals surface area contributed by atoms with Crippen molar-refractivity contribution in [1.29, 1.82) is 0 Å². The summed E-state index contributed by atoms with van der Waals surface area (Å²) in [4.78, 5) is 2.47. The van der Waals surface area contributed by atoms with Crippen molar-refractivity contribution in [2.24, 2.45) is 0 Å². The first-order valence-corrected chi connectivity index (χ1v) is 22.5. The fourth-order valence-electron chi connectivity index (χ4n) is 10.3. The molecule has 1 fully saturated rings. The van der Waals surface area contributed by atoms with Crippen LogP contribution >= 0.6 is 11.3 Å². The third kappa shape index (κ3) is 6.14. The summed E-state index contributed by atoms with van der Waals surface area (Å²) in [5.74, 6) is 0.582. The largest absolute Gasteiger partial charge is 0.455 e. The van der Waals surface area contributed by atoms with Gasteiger partial charge < -0.3 is 9.32 Å². The lowest BCUT2D eigenvalue weighted by molar-refractivity contribution is 0.445. The number of rotatable bonds is 7. The second kappa shape index (κ2) is 15.0. The molecule has 0 amide bonds. The summed E-state index contributed by atoms with van der Waals surface area (Å²) in [5, 5.41) is 7.62. The van der Waals surface area contributed by atoms with Crippen LogP contribution in [-0.2, 0) is 0 Å². The van der Waals surface area contributed by atoms with Gasteiger partial charge in [-0.3, -0.25) is 0 Å². The summed E-state index contributed by atoms with van der Waals surface area (Å²) in [7, 11) is 0. The van der Waals surface area contributed by atoms with E-state index in [1.807, 2.05) is 17.4 Å². The number of anilines is 3. The Morgan fingerprint density at radius 2 is 1.11 bits per heavy atom. The molecule has 0 unspecified atom stereocenters. The molecule has 0 atom stereocenters. The van der Waals surface area contributed by atoms with Gasteiger partial charge in [0.05, 0.1) is 5.69 Å². The normalized spacial score (nSPS) is 13.5. The van der Waals surface area contributed by atoms with Gasteiger partial charge in [0.25, 0.3) is 0 Å². The minimum Gasteiger partial charge on any atom is -0.455 e. The summed E-state index contributed by atoms with van der Waals surface area (Å²) >= 11 is 1.87. The SMILES string of the molecule is c1cc(-c2cccc3sc4ccccc4c23)cc(N(c2ccc(-c3cccc4c3oc3ccccc34)cc2)c2ccccc2-c2cccc3cccc(C4CCCCC4)c23)c1. The highest BCUT2D eigenvalue weighted by Crippen LogP contribution is 2.48. The lowest BCUT2D eigenvalue weighted by atomic mass is 9.80. The number of thiophene rings is 1. The van der Waals surface area contributed by atoms with E-state index in [1.165, 1.54) is 90.9 Å². The highest BCUT2D eigenvalue weighted by molar-refractivity contribution is 7.25. The van der Waals surface area contributed by atoms with E-state index >= 15 is 0 Å². The molecule has 0 N–H and O–H groups in total. The van der Waals surface area contributed by atoms with Crippen molar-refractivity contribution in [3.05, 3.63) is 200 Å². The summed E-state index contributed by atoms with van der Waals surface area (Å²) in [5.41, 5.74) is 13.9. The highest BCUT2D eigenvalue weighted by Gasteiger charge is 2.24. The van der Waals surface area contributed by atoms with E-state index in [9.17, 15) is 0 Å². The molecular formula is C58H43NOS. The van der Waals surface area contributed by atoms with Gasteiger partial charge in [-0.25, -0.2) is 0 Å². The second-order valence-electron chi connectivity index (χ2n) is 16.6. The van der Waals surface area contributed by atoms with Crippen molar-refractivity contribution in [2.75, 3.05) is 4.90 Å². The zero-order valence-electron chi connectivity index (χ0n) is 33.9. The van der Waals surface area contributed by atoms with Crippen LogP contribution in [0, 0.1) is 0 Å². The van der Waals surface area contributed by atoms with Crippen LogP contribution in [0.2, 0.25) is 0 Å². The molecule has 12 rings (SSSR count). The Kier molecular flexibility index (Phi) is 8.82. The van der Waals surface area contributed by atoms with E-state index in [4.69, 9.17) is 4.42 Å². The summed E-state index contributed by atoms with van der Waals surface area (Å²) in [6.45, 7) is 0. The van der Waals surface area contributed by atoms with Crippen LogP contribution < -0.4 is 4.90 Å². The van der Waals surface area contributed by atoms with Crippen LogP contribution in [0.25, 0.3) is 86.3 Å². The molecule has 1 saturated carbocycles. The third-order valence-electron chi connectivity index (χ3n) is 13.1. The Balaban J connectivity index is 1.05. The average molecular weight is 802 g/mol. The molecule has 11 aromatic rings. The van der Waals surface area contributed by atoms with Gasteiger partial charge in [0, 0.05) is 53.4 Å². The molecule has 0 aliphatic heterocycles. The van der Waals surface area contributed by atoms with Crippen molar-refractivity contribution in [2.45, 2.75) is 38.0 Å². The molecule has 1 aliphatic carbocycles. The van der Waals surface area contributed by atoms with Crippen LogP contribution in [0.15, 0.2) is 199 Å². The molecular weight excluding hydrogens is 759 g/mol. The average Bonchev–Trinajstić information content (AvgIpc) is 3.91. The number of hydrogen-bond acceptors (Lipinski definition) is 3. The molecule has 9 aromatic carbocycles. The lowest BCUT2D eigenvalue weighted by Crippen LogP contribution is -2.11. The molecule has 0 spiro atoms. The third-order valence-corrected chi connectivity index (χ3v) is 14.2. The number of fused-ring (bicyclic) bond motifs is 7. The first kappa shape index (κ1) is 36.0. The molecule has 0 bridgehead atoms. The predicted octanol–water partition coefficient (Wildman–Crippen LogP) is 17.6. The van der Waals surface area contributed by atoms with Gasteiger partial charge in [-0.1, -0.05) is 165 Å². The van der Waals surface area contributed by atoms with Crippen LogP contribution in [0.5, 0.6) is 0 Å². The van der Waals surface area contributed by atoms with Crippen molar-refractivity contribution in [3.63, 3.8) is 0 Å². The van der Waals surface area contributed by atoms with Gasteiger partial charge in [-0.15, -0.1) is 11.3 Å². The van der Waals surface area contributed by atoms with Gasteiger partial charge in [-0.2, -0.15) is 0 Å². The molecule has 2 nitrogen and oxygen atoms in total. The van der Waals surface area contributed by atoms with Crippen molar-refractivity contribution in [1.82, 2.24) is 0 Å². The number of benzene rings is 9. The van der Waals surface area contributed by atoms with E-state index in [1.54, 1.807) is 0 Å². The van der Waals surface area contributed by atoms with E-state index in [2.05, 4.69) is 193 Å². The number of hydrogen-bond donors (Lipinski definition) is 0. The minimum atomic E-state index is 0.582. The van der Waals surface area contributed by atoms with Crippen molar-refractivity contribution >= 4 is 81.3 Å². The molecule has 2 aromatic heterocycles. The zero-order valence-corrected chi connectivity index (χ0v) is 34.7. The molecule has 0 saturated heterocycles. The molecule has 1 aliphatic rings. The maximum atomic E-state index is 6.50. The maximum absolute atomic E-state index is 6.50. The Labute approximate surface area is 360 Å². The monoisotopic (exact) mass is 801 g/mol. The Morgan fingerprint density at radius 1 is 0.443 bits per heavy atom. The van der Waals surface area contributed by atoms with Gasteiger partial charge in [0.2, 0.25) is 0 Å². The Hall–Kier alpha value is -6.94. The number of furan rings is 1. The van der Waals surface area contributed by atoms with Gasteiger partial charge in [0.15, 0.2) is 0 Å². The summed E-state index contributed by atoms with van der Waals surface area (Å²) in [6.07, 6.45) is 6.47. The summed E-state index contributed by atoms with van der Waals surface area (Å²) < 4.78 is 9.13. The van der Waals surface area contributed by atoms with Crippen LogP contribution in [0.4, 0.5) is 17.1 Å². The minimum absolute atomic E-state index is 0.582. The van der Waals surface area contributed by atoms with Crippen molar-refractivity contribution < 1.29 is 4.42 Å². The fraction of sp³-hybridized carbons (Fsp3) is 0.103. The molecule has 3 heteroatoms. The Morgan fingerprint density at radius 3 is 2.02 bits per heavy atom. The first-order valence-electron chi connectivity index (χ1n) is 21.7. The molecule has 0 radical (unpaired) electrons. The first-order chi connectivity index (χ1) is 30.3. The smallest absolute Gasteiger partial charge is 0.143 e. The molecule has 2 heterocycles. The highest BCUT2D eigenvalue weighted by atomic mass is 32.1. The maximum Gasteiger partial charge on any atom is 0.143 e. The van der Waals surface area contributed by atoms with E-state index < -0.39 is 0 Å². The van der Waals surface area contributed by atoms with Crippen molar-refractivity contribution in [3.8, 4) is 33.4 Å².